The van der Waals surface area contributed by atoms with Crippen LogP contribution in [0.2, 0.25) is 0 Å². The van der Waals surface area contributed by atoms with E-state index in [1.165, 1.54) is 0 Å². The van der Waals surface area contributed by atoms with E-state index in [4.69, 9.17) is 17.5 Å². The van der Waals surface area contributed by atoms with Crippen LogP contribution >= 0.6 is 0 Å². The minimum atomic E-state index is -5.17. The first kappa shape index (κ1) is 9.63. The molecule has 0 radical (unpaired) electrons. The van der Waals surface area contributed by atoms with Crippen LogP contribution in [0.25, 0.3) is 0 Å². The van der Waals surface area contributed by atoms with Gasteiger partial charge in [-0.25, -0.2) is 0 Å². The minimum absolute atomic E-state index is 0. The molecule has 0 rings (SSSR count). The van der Waals surface area contributed by atoms with Crippen LogP contribution in [0.4, 0.5) is 0 Å². The molecule has 4 nitrogen and oxygen atoms in total. The molecule has 0 bridgehead atoms. The van der Waals surface area contributed by atoms with Crippen molar-refractivity contribution in [3.8, 4) is 0 Å². The Morgan fingerprint density at radius 3 is 1.17 bits per heavy atom. The summed E-state index contributed by atoms with van der Waals surface area (Å²) in [4.78, 5) is 0. The second-order valence-electron chi connectivity index (χ2n) is 0.408. The van der Waals surface area contributed by atoms with Crippen molar-refractivity contribution < 1.29 is 34.6 Å². The third kappa shape index (κ3) is 332. The minimum Gasteiger partial charge on any atom is -0.759 e. The predicted molar refractivity (Wildman–Crippen MR) is 10.5 cm³/mol. The first-order valence-electron chi connectivity index (χ1n) is 0.667. The number of hydrogen-bond donors (Lipinski definition) is 0. The summed E-state index contributed by atoms with van der Waals surface area (Å²) in [5.74, 6) is 0. The summed E-state index contributed by atoms with van der Waals surface area (Å²) in [6.07, 6.45) is 0. The predicted octanol–water partition coefficient (Wildman–Crippen LogP) is -1.34. The largest absolute Gasteiger partial charge is 0.759 e. The monoisotopic (exact) mass is 152 g/mol. The Labute approximate surface area is 45.6 Å². The normalized spacial score (nSPS) is 9.67. The van der Waals surface area contributed by atoms with Gasteiger partial charge in [0.1, 0.15) is 0 Å². The first-order valence-corrected chi connectivity index (χ1v) is 2.00. The molecule has 0 aliphatic rings. The van der Waals surface area contributed by atoms with Crippen molar-refractivity contribution in [3.63, 3.8) is 0 Å². The molecule has 6 heteroatoms. The SMILES string of the molecule is O=S(=O)([O-])[O-].[Fe]. The maximum atomic E-state index is 8.52. The molecule has 0 aromatic rings. The van der Waals surface area contributed by atoms with Gasteiger partial charge in [-0.15, -0.1) is 0 Å². The Kier molecular flexibility index (Phi) is 4.08. The van der Waals surface area contributed by atoms with Crippen molar-refractivity contribution in [1.29, 1.82) is 0 Å². The van der Waals surface area contributed by atoms with Gasteiger partial charge in [0.2, 0.25) is 0 Å². The van der Waals surface area contributed by atoms with Crippen LogP contribution in [0.1, 0.15) is 0 Å². The van der Waals surface area contributed by atoms with Crippen molar-refractivity contribution in [2.45, 2.75) is 0 Å². The second kappa shape index (κ2) is 2.54. The molecule has 0 saturated heterocycles. The molecule has 0 atom stereocenters. The molecule has 0 aliphatic heterocycles. The van der Waals surface area contributed by atoms with Gasteiger partial charge in [-0.3, -0.25) is 8.42 Å². The summed E-state index contributed by atoms with van der Waals surface area (Å²) in [5, 5.41) is 0. The summed E-state index contributed by atoms with van der Waals surface area (Å²) in [5.41, 5.74) is 0. The van der Waals surface area contributed by atoms with Gasteiger partial charge in [0, 0.05) is 27.5 Å². The first-order chi connectivity index (χ1) is 2.00. The van der Waals surface area contributed by atoms with Crippen molar-refractivity contribution in [3.05, 3.63) is 0 Å². The van der Waals surface area contributed by atoms with E-state index >= 15 is 0 Å². The van der Waals surface area contributed by atoms with Crippen LogP contribution in [0.15, 0.2) is 0 Å². The summed E-state index contributed by atoms with van der Waals surface area (Å²) < 4.78 is 34.1. The average Bonchev–Trinajstić information content (AvgIpc) is 0.722. The molecular weight excluding hydrogens is 152 g/mol. The fourth-order valence-electron chi connectivity index (χ4n) is 0. The Hall–Kier alpha value is 0.389. The molecular formula is FeO4S-2. The maximum Gasteiger partial charge on any atom is 0.0311 e. The zero-order valence-corrected chi connectivity index (χ0v) is 4.32. The Bertz CT molecular complexity index is 90.7. The van der Waals surface area contributed by atoms with Gasteiger partial charge in [-0.2, -0.15) is 0 Å². The van der Waals surface area contributed by atoms with E-state index in [0.29, 0.717) is 0 Å². The van der Waals surface area contributed by atoms with E-state index in [0.717, 1.165) is 0 Å². The molecule has 0 spiro atoms. The Morgan fingerprint density at radius 1 is 1.17 bits per heavy atom. The van der Waals surface area contributed by atoms with Gasteiger partial charge < -0.3 is 9.11 Å². The molecule has 0 aromatic carbocycles. The smallest absolute Gasteiger partial charge is 0.0311 e. The molecule has 0 unspecified atom stereocenters. The molecule has 0 saturated carbocycles. The topological polar surface area (TPSA) is 80.3 Å². The molecule has 0 amide bonds. The Morgan fingerprint density at radius 2 is 1.17 bits per heavy atom. The van der Waals surface area contributed by atoms with Crippen LogP contribution in [-0.4, -0.2) is 17.5 Å². The Balaban J connectivity index is 0. The van der Waals surface area contributed by atoms with Crippen LogP contribution in [0.3, 0.4) is 0 Å². The summed E-state index contributed by atoms with van der Waals surface area (Å²) in [7, 11) is -5.17. The van der Waals surface area contributed by atoms with E-state index < -0.39 is 10.4 Å². The molecule has 0 fully saturated rings. The molecule has 0 N–H and O–H groups in total. The van der Waals surface area contributed by atoms with E-state index in [2.05, 4.69) is 0 Å². The molecule has 0 heterocycles. The van der Waals surface area contributed by atoms with E-state index in [1.807, 2.05) is 0 Å². The maximum absolute atomic E-state index is 8.52. The van der Waals surface area contributed by atoms with Crippen molar-refractivity contribution in [2.75, 3.05) is 0 Å². The van der Waals surface area contributed by atoms with Gasteiger partial charge in [-0.05, 0) is 0 Å². The summed E-state index contributed by atoms with van der Waals surface area (Å²) in [6.45, 7) is 0. The van der Waals surface area contributed by atoms with Crippen LogP contribution in [0.5, 0.6) is 0 Å². The van der Waals surface area contributed by atoms with E-state index in [1.54, 1.807) is 0 Å². The van der Waals surface area contributed by atoms with Crippen LogP contribution in [-0.2, 0) is 27.5 Å². The summed E-state index contributed by atoms with van der Waals surface area (Å²) >= 11 is 0. The van der Waals surface area contributed by atoms with Crippen molar-refractivity contribution in [1.82, 2.24) is 0 Å². The van der Waals surface area contributed by atoms with Gasteiger partial charge in [0.15, 0.2) is 0 Å². The van der Waals surface area contributed by atoms with Gasteiger partial charge >= 0.3 is 0 Å². The molecule has 40 valence electrons. The quantitative estimate of drug-likeness (QED) is 0.244. The number of hydrogen-bond acceptors (Lipinski definition) is 4. The third-order valence-corrected chi connectivity index (χ3v) is 0. The van der Waals surface area contributed by atoms with Gasteiger partial charge in [0.25, 0.3) is 0 Å². The zero-order valence-electron chi connectivity index (χ0n) is 2.39. The van der Waals surface area contributed by atoms with Gasteiger partial charge in [0.05, 0.1) is 0 Å². The fraction of sp³-hybridized carbons (Fsp3) is 0. The summed E-state index contributed by atoms with van der Waals surface area (Å²) in [6, 6.07) is 0. The van der Waals surface area contributed by atoms with Crippen molar-refractivity contribution in [2.24, 2.45) is 0 Å². The van der Waals surface area contributed by atoms with E-state index in [-0.39, 0.29) is 17.1 Å². The second-order valence-corrected chi connectivity index (χ2v) is 1.22. The standard InChI is InChI=1S/Fe.H2O4S/c;1-5(2,3)4/h;(H2,1,2,3,4)/p-2. The number of rotatable bonds is 0. The van der Waals surface area contributed by atoms with E-state index in [9.17, 15) is 0 Å². The molecule has 6 heavy (non-hydrogen) atoms. The average molecular weight is 152 g/mol. The zero-order chi connectivity index (χ0) is 4.50. The fourth-order valence-corrected chi connectivity index (χ4v) is 0. The van der Waals surface area contributed by atoms with Crippen molar-refractivity contribution >= 4 is 10.4 Å². The third-order valence-electron chi connectivity index (χ3n) is 0. The van der Waals surface area contributed by atoms with Crippen LogP contribution < -0.4 is 0 Å². The molecule has 0 aliphatic carbocycles. The van der Waals surface area contributed by atoms with Crippen LogP contribution in [0, 0.1) is 0 Å². The molecule has 0 aromatic heterocycles. The van der Waals surface area contributed by atoms with Gasteiger partial charge in [-0.1, -0.05) is 0 Å².